The zero-order valence-electron chi connectivity index (χ0n) is 16.2. The standard InChI is InChI=1S/C22H18FN5O2.ClH/c23-15-5-1-13(2-6-15)11-19(29)28-22(30)27-16-7-3-14(4-8-16)17-12-26-18-9-10-25-21(24)20(17)18;/h1-10,12,26H,11H2,(H2,24,25)(H2,27,28,29,30);1H. The second-order valence-electron chi connectivity index (χ2n) is 6.70. The maximum Gasteiger partial charge on any atom is 0.325 e. The van der Waals surface area contributed by atoms with E-state index in [4.69, 9.17) is 5.73 Å². The van der Waals surface area contributed by atoms with Crippen LogP contribution in [0.2, 0.25) is 0 Å². The summed E-state index contributed by atoms with van der Waals surface area (Å²) in [6.07, 6.45) is 3.47. The van der Waals surface area contributed by atoms with Gasteiger partial charge in [-0.1, -0.05) is 24.3 Å². The van der Waals surface area contributed by atoms with Crippen LogP contribution >= 0.6 is 12.4 Å². The quantitative estimate of drug-likeness (QED) is 0.380. The third-order valence-electron chi connectivity index (χ3n) is 4.61. The molecule has 2 heterocycles. The number of rotatable bonds is 4. The van der Waals surface area contributed by atoms with Gasteiger partial charge in [0.1, 0.15) is 11.6 Å². The minimum Gasteiger partial charge on any atom is -0.383 e. The normalized spacial score (nSPS) is 10.4. The monoisotopic (exact) mass is 439 g/mol. The number of anilines is 2. The summed E-state index contributed by atoms with van der Waals surface area (Å²) in [5.74, 6) is -0.436. The summed E-state index contributed by atoms with van der Waals surface area (Å²) in [5.41, 5.74) is 9.82. The van der Waals surface area contributed by atoms with E-state index < -0.39 is 11.9 Å². The van der Waals surface area contributed by atoms with E-state index in [-0.39, 0.29) is 24.6 Å². The van der Waals surface area contributed by atoms with Gasteiger partial charge in [-0.25, -0.2) is 14.2 Å². The maximum atomic E-state index is 12.9. The molecule has 31 heavy (non-hydrogen) atoms. The van der Waals surface area contributed by atoms with Gasteiger partial charge in [-0.3, -0.25) is 10.1 Å². The number of halogens is 2. The lowest BCUT2D eigenvalue weighted by Gasteiger charge is -2.08. The molecule has 0 aliphatic carbocycles. The average molecular weight is 440 g/mol. The number of pyridine rings is 1. The van der Waals surface area contributed by atoms with Crippen molar-refractivity contribution >= 4 is 46.8 Å². The van der Waals surface area contributed by atoms with Gasteiger partial charge in [0.25, 0.3) is 0 Å². The molecular weight excluding hydrogens is 421 g/mol. The van der Waals surface area contributed by atoms with Crippen LogP contribution in [0.5, 0.6) is 0 Å². The van der Waals surface area contributed by atoms with Crippen molar-refractivity contribution in [3.63, 3.8) is 0 Å². The fraction of sp³-hybridized carbons (Fsp3) is 0.0455. The molecule has 9 heteroatoms. The molecular formula is C22H19ClFN5O2. The van der Waals surface area contributed by atoms with E-state index in [2.05, 4.69) is 20.6 Å². The summed E-state index contributed by atoms with van der Waals surface area (Å²) in [6.45, 7) is 0. The molecule has 5 N–H and O–H groups in total. The molecule has 0 saturated heterocycles. The summed E-state index contributed by atoms with van der Waals surface area (Å²) in [5, 5.41) is 5.70. The third-order valence-corrected chi connectivity index (χ3v) is 4.61. The molecule has 0 spiro atoms. The van der Waals surface area contributed by atoms with Gasteiger partial charge in [-0.05, 0) is 41.5 Å². The van der Waals surface area contributed by atoms with Crippen molar-refractivity contribution in [1.82, 2.24) is 15.3 Å². The van der Waals surface area contributed by atoms with Crippen LogP contribution in [0.1, 0.15) is 5.56 Å². The fourth-order valence-corrected chi connectivity index (χ4v) is 3.19. The summed E-state index contributed by atoms with van der Waals surface area (Å²) < 4.78 is 12.9. The molecule has 3 amide bonds. The highest BCUT2D eigenvalue weighted by Gasteiger charge is 2.11. The van der Waals surface area contributed by atoms with Crippen molar-refractivity contribution < 1.29 is 14.0 Å². The van der Waals surface area contributed by atoms with Crippen molar-refractivity contribution in [2.24, 2.45) is 0 Å². The van der Waals surface area contributed by atoms with Crippen LogP contribution in [0.3, 0.4) is 0 Å². The molecule has 0 radical (unpaired) electrons. The van der Waals surface area contributed by atoms with Gasteiger partial charge >= 0.3 is 6.03 Å². The van der Waals surface area contributed by atoms with Crippen LogP contribution < -0.4 is 16.4 Å². The van der Waals surface area contributed by atoms with Crippen LogP contribution in [0.15, 0.2) is 67.0 Å². The van der Waals surface area contributed by atoms with Crippen LogP contribution in [-0.2, 0) is 11.2 Å². The van der Waals surface area contributed by atoms with Gasteiger partial charge in [0, 0.05) is 29.0 Å². The highest BCUT2D eigenvalue weighted by molar-refractivity contribution is 6.03. The number of carbonyl (C=O) groups is 2. The zero-order chi connectivity index (χ0) is 21.1. The predicted octanol–water partition coefficient (Wildman–Crippen LogP) is 4.26. The number of hydrogen-bond donors (Lipinski definition) is 4. The highest BCUT2D eigenvalue weighted by atomic mass is 35.5. The molecule has 2 aromatic heterocycles. The summed E-state index contributed by atoms with van der Waals surface area (Å²) >= 11 is 0. The number of fused-ring (bicyclic) bond motifs is 1. The lowest BCUT2D eigenvalue weighted by atomic mass is 10.1. The van der Waals surface area contributed by atoms with Crippen molar-refractivity contribution in [1.29, 1.82) is 0 Å². The Morgan fingerprint density at radius 1 is 1.03 bits per heavy atom. The number of amides is 3. The van der Waals surface area contributed by atoms with E-state index in [0.29, 0.717) is 17.1 Å². The number of aromatic amines is 1. The molecule has 0 unspecified atom stereocenters. The van der Waals surface area contributed by atoms with Gasteiger partial charge in [0.2, 0.25) is 5.91 Å². The summed E-state index contributed by atoms with van der Waals surface area (Å²) in [4.78, 5) is 31.3. The number of nitrogens with two attached hydrogens (primary N) is 1. The van der Waals surface area contributed by atoms with Crippen molar-refractivity contribution in [3.05, 3.63) is 78.4 Å². The number of nitrogens with zero attached hydrogens (tertiary/aromatic N) is 1. The SMILES string of the molecule is Cl.Nc1nccc2[nH]cc(-c3ccc(NC(=O)NC(=O)Cc4ccc(F)cc4)cc3)c12. The van der Waals surface area contributed by atoms with Crippen molar-refractivity contribution in [2.45, 2.75) is 6.42 Å². The van der Waals surface area contributed by atoms with E-state index >= 15 is 0 Å². The Balaban J connectivity index is 0.00000272. The lowest BCUT2D eigenvalue weighted by molar-refractivity contribution is -0.119. The number of H-pyrrole nitrogens is 1. The van der Waals surface area contributed by atoms with Crippen molar-refractivity contribution in [2.75, 3.05) is 11.1 Å². The molecule has 0 saturated carbocycles. The van der Waals surface area contributed by atoms with Crippen molar-refractivity contribution in [3.8, 4) is 11.1 Å². The third kappa shape index (κ3) is 4.99. The Kier molecular flexibility index (Phi) is 6.52. The first-order valence-corrected chi connectivity index (χ1v) is 9.17. The Morgan fingerprint density at radius 3 is 2.45 bits per heavy atom. The predicted molar refractivity (Wildman–Crippen MR) is 120 cm³/mol. The number of urea groups is 1. The van der Waals surface area contributed by atoms with Gasteiger partial charge in [-0.2, -0.15) is 0 Å². The molecule has 7 nitrogen and oxygen atoms in total. The molecule has 0 aliphatic rings. The molecule has 4 aromatic rings. The minimum atomic E-state index is -0.643. The Bertz CT molecular complexity index is 1220. The number of benzene rings is 2. The Morgan fingerprint density at radius 2 is 1.74 bits per heavy atom. The molecule has 2 aromatic carbocycles. The summed E-state index contributed by atoms with van der Waals surface area (Å²) in [7, 11) is 0. The van der Waals surface area contributed by atoms with E-state index in [0.717, 1.165) is 22.0 Å². The van der Waals surface area contributed by atoms with Gasteiger partial charge in [0.05, 0.1) is 11.9 Å². The van der Waals surface area contributed by atoms with Crippen LogP contribution in [-0.4, -0.2) is 21.9 Å². The zero-order valence-corrected chi connectivity index (χ0v) is 17.0. The minimum absolute atomic E-state index is 0. The smallest absolute Gasteiger partial charge is 0.325 e. The van der Waals surface area contributed by atoms with Crippen LogP contribution in [0, 0.1) is 5.82 Å². The maximum absolute atomic E-state index is 12.9. The number of carbonyl (C=O) groups excluding carboxylic acids is 2. The van der Waals surface area contributed by atoms with Crippen LogP contribution in [0.25, 0.3) is 22.0 Å². The lowest BCUT2D eigenvalue weighted by Crippen LogP contribution is -2.35. The first kappa shape index (κ1) is 21.8. The van der Waals surface area contributed by atoms with E-state index in [9.17, 15) is 14.0 Å². The second-order valence-corrected chi connectivity index (χ2v) is 6.70. The largest absolute Gasteiger partial charge is 0.383 e. The molecule has 0 fully saturated rings. The topological polar surface area (TPSA) is 113 Å². The van der Waals surface area contributed by atoms with E-state index in [1.165, 1.54) is 24.3 Å². The Labute approximate surface area is 183 Å². The number of aromatic nitrogens is 2. The first-order chi connectivity index (χ1) is 14.5. The van der Waals surface area contributed by atoms with Crippen LogP contribution in [0.4, 0.5) is 20.7 Å². The van der Waals surface area contributed by atoms with Gasteiger partial charge < -0.3 is 16.0 Å². The molecule has 4 rings (SSSR count). The highest BCUT2D eigenvalue weighted by Crippen LogP contribution is 2.32. The van der Waals surface area contributed by atoms with E-state index in [1.807, 2.05) is 24.4 Å². The summed E-state index contributed by atoms with van der Waals surface area (Å²) in [6, 6.07) is 13.9. The average Bonchev–Trinajstić information content (AvgIpc) is 3.16. The first-order valence-electron chi connectivity index (χ1n) is 9.17. The number of nitrogens with one attached hydrogen (secondary N) is 3. The number of imide groups is 1. The van der Waals surface area contributed by atoms with Gasteiger partial charge in [0.15, 0.2) is 0 Å². The molecule has 0 atom stereocenters. The number of hydrogen-bond acceptors (Lipinski definition) is 4. The molecule has 0 aliphatic heterocycles. The Hall–Kier alpha value is -3.91. The number of nitrogen functional groups attached to an aromatic ring is 1. The van der Waals surface area contributed by atoms with Gasteiger partial charge in [-0.15, -0.1) is 12.4 Å². The van der Waals surface area contributed by atoms with E-state index in [1.54, 1.807) is 18.3 Å². The molecule has 0 bridgehead atoms. The molecule has 158 valence electrons. The second kappa shape index (κ2) is 9.27. The fourth-order valence-electron chi connectivity index (χ4n) is 3.19.